The Morgan fingerprint density at radius 1 is 1.61 bits per heavy atom. The Labute approximate surface area is 107 Å². The predicted molar refractivity (Wildman–Crippen MR) is 70.0 cm³/mol. The smallest absolute Gasteiger partial charge is 0.271 e. The highest BCUT2D eigenvalue weighted by molar-refractivity contribution is 5.94. The molecule has 0 saturated heterocycles. The summed E-state index contributed by atoms with van der Waals surface area (Å²) >= 11 is 0. The summed E-state index contributed by atoms with van der Waals surface area (Å²) in [5.41, 5.74) is 0.843. The van der Waals surface area contributed by atoms with Gasteiger partial charge in [0.1, 0.15) is 12.3 Å². The zero-order valence-electron chi connectivity index (χ0n) is 10.7. The lowest BCUT2D eigenvalue weighted by atomic mass is 10.1. The Morgan fingerprint density at radius 3 is 3.06 bits per heavy atom. The molecule has 0 aliphatic rings. The van der Waals surface area contributed by atoms with Crippen LogP contribution in [0.2, 0.25) is 0 Å². The number of amides is 1. The minimum atomic E-state index is -0.233. The molecule has 1 rings (SSSR count). The topological polar surface area (TPSA) is 62.2 Å². The molecule has 0 aromatic carbocycles. The Bertz CT molecular complexity index is 460. The Kier molecular flexibility index (Phi) is 5.89. The number of aromatic nitrogens is 1. The van der Waals surface area contributed by atoms with E-state index < -0.39 is 0 Å². The molecule has 1 amide bonds. The van der Waals surface area contributed by atoms with Gasteiger partial charge in [-0.15, -0.1) is 0 Å². The van der Waals surface area contributed by atoms with Gasteiger partial charge in [0.25, 0.3) is 5.91 Å². The summed E-state index contributed by atoms with van der Waals surface area (Å²) in [7, 11) is 0. The van der Waals surface area contributed by atoms with E-state index in [0.717, 1.165) is 6.42 Å². The Hall–Kier alpha value is -1.86. The van der Waals surface area contributed by atoms with Crippen LogP contribution in [-0.4, -0.2) is 29.1 Å². The standard InChI is InChI=1S/C14H18N2O2/c1-3-11(2)10-16-14(18)13-12(7-5-9-17)6-4-8-15-13/h4,6,8,11,17H,3,9-10H2,1-2H3,(H,16,18). The highest BCUT2D eigenvalue weighted by atomic mass is 16.2. The van der Waals surface area contributed by atoms with Crippen LogP contribution in [0.4, 0.5) is 0 Å². The maximum absolute atomic E-state index is 11.9. The third-order valence-electron chi connectivity index (χ3n) is 2.63. The SMILES string of the molecule is CCC(C)CNC(=O)c1ncccc1C#CCO. The van der Waals surface area contributed by atoms with E-state index in [0.29, 0.717) is 23.7 Å². The van der Waals surface area contributed by atoms with Crippen LogP contribution in [0.5, 0.6) is 0 Å². The number of hydrogen-bond acceptors (Lipinski definition) is 3. The fourth-order valence-corrected chi connectivity index (χ4v) is 1.32. The van der Waals surface area contributed by atoms with E-state index in [2.05, 4.69) is 36.0 Å². The van der Waals surface area contributed by atoms with E-state index in [1.165, 1.54) is 0 Å². The summed E-state index contributed by atoms with van der Waals surface area (Å²) in [6, 6.07) is 3.43. The van der Waals surface area contributed by atoms with Gasteiger partial charge >= 0.3 is 0 Å². The molecule has 1 heterocycles. The molecule has 96 valence electrons. The predicted octanol–water partition coefficient (Wildman–Crippen LogP) is 1.20. The molecule has 18 heavy (non-hydrogen) atoms. The molecule has 1 aromatic heterocycles. The van der Waals surface area contributed by atoms with Crippen LogP contribution in [0.1, 0.15) is 36.3 Å². The van der Waals surface area contributed by atoms with Gasteiger partial charge in [-0.1, -0.05) is 32.1 Å². The fraction of sp³-hybridized carbons (Fsp3) is 0.429. The highest BCUT2D eigenvalue weighted by Crippen LogP contribution is 2.04. The average molecular weight is 246 g/mol. The molecule has 0 saturated carbocycles. The third-order valence-corrected chi connectivity index (χ3v) is 2.63. The number of pyridine rings is 1. The first-order chi connectivity index (χ1) is 8.69. The van der Waals surface area contributed by atoms with Gasteiger partial charge in [0.15, 0.2) is 0 Å². The first-order valence-corrected chi connectivity index (χ1v) is 6.02. The summed E-state index contributed by atoms with van der Waals surface area (Å²) in [6.07, 6.45) is 2.57. The number of carbonyl (C=O) groups excluding carboxylic acids is 1. The van der Waals surface area contributed by atoms with Gasteiger partial charge in [0.05, 0.1) is 5.56 Å². The third kappa shape index (κ3) is 4.19. The van der Waals surface area contributed by atoms with E-state index in [9.17, 15) is 4.79 Å². The van der Waals surface area contributed by atoms with Gasteiger partial charge in [-0.05, 0) is 18.1 Å². The summed E-state index contributed by atoms with van der Waals surface area (Å²) < 4.78 is 0. The number of aliphatic hydroxyl groups is 1. The van der Waals surface area contributed by atoms with Gasteiger partial charge < -0.3 is 10.4 Å². The van der Waals surface area contributed by atoms with Crippen molar-refractivity contribution in [3.05, 3.63) is 29.6 Å². The molecule has 0 aliphatic heterocycles. The van der Waals surface area contributed by atoms with Gasteiger partial charge in [-0.3, -0.25) is 4.79 Å². The van der Waals surface area contributed by atoms with Crippen LogP contribution < -0.4 is 5.32 Å². The van der Waals surface area contributed by atoms with Crippen LogP contribution in [0.15, 0.2) is 18.3 Å². The quantitative estimate of drug-likeness (QED) is 0.785. The van der Waals surface area contributed by atoms with E-state index in [-0.39, 0.29) is 12.5 Å². The van der Waals surface area contributed by atoms with Crippen molar-refractivity contribution < 1.29 is 9.90 Å². The summed E-state index contributed by atoms with van der Waals surface area (Å²) in [5, 5.41) is 11.5. The maximum atomic E-state index is 11.9. The van der Waals surface area contributed by atoms with Gasteiger partial charge in [-0.2, -0.15) is 0 Å². The number of hydrogen-bond donors (Lipinski definition) is 2. The van der Waals surface area contributed by atoms with Gasteiger partial charge in [0.2, 0.25) is 0 Å². The molecule has 0 aliphatic carbocycles. The van der Waals surface area contributed by atoms with E-state index in [1.807, 2.05) is 0 Å². The van der Waals surface area contributed by atoms with E-state index in [1.54, 1.807) is 18.3 Å². The molecule has 4 heteroatoms. The first kappa shape index (κ1) is 14.2. The highest BCUT2D eigenvalue weighted by Gasteiger charge is 2.11. The number of nitrogens with zero attached hydrogens (tertiary/aromatic N) is 1. The molecule has 1 atom stereocenters. The van der Waals surface area contributed by atoms with Crippen molar-refractivity contribution in [2.45, 2.75) is 20.3 Å². The molecule has 4 nitrogen and oxygen atoms in total. The van der Waals surface area contributed by atoms with Crippen molar-refractivity contribution >= 4 is 5.91 Å². The monoisotopic (exact) mass is 246 g/mol. The number of carbonyl (C=O) groups is 1. The van der Waals surface area contributed by atoms with Crippen molar-refractivity contribution in [3.8, 4) is 11.8 Å². The molecular formula is C14H18N2O2. The second-order valence-corrected chi connectivity index (χ2v) is 4.08. The molecule has 2 N–H and O–H groups in total. The molecule has 0 spiro atoms. The van der Waals surface area contributed by atoms with Crippen LogP contribution in [0.3, 0.4) is 0 Å². The largest absolute Gasteiger partial charge is 0.384 e. The normalized spacial score (nSPS) is 11.3. The van der Waals surface area contributed by atoms with Crippen LogP contribution >= 0.6 is 0 Å². The zero-order chi connectivity index (χ0) is 13.4. The van der Waals surface area contributed by atoms with Crippen LogP contribution in [-0.2, 0) is 0 Å². The minimum Gasteiger partial charge on any atom is -0.384 e. The maximum Gasteiger partial charge on any atom is 0.271 e. The number of aliphatic hydroxyl groups excluding tert-OH is 1. The molecule has 0 radical (unpaired) electrons. The number of rotatable bonds is 4. The average Bonchev–Trinajstić information content (AvgIpc) is 2.42. The van der Waals surface area contributed by atoms with Crippen molar-refractivity contribution in [2.75, 3.05) is 13.2 Å². The lowest BCUT2D eigenvalue weighted by molar-refractivity contribution is 0.0942. The van der Waals surface area contributed by atoms with Gasteiger partial charge in [0, 0.05) is 12.7 Å². The fourth-order valence-electron chi connectivity index (χ4n) is 1.32. The summed E-state index contributed by atoms with van der Waals surface area (Å²) in [5.74, 6) is 5.45. The van der Waals surface area contributed by atoms with Crippen LogP contribution in [0.25, 0.3) is 0 Å². The summed E-state index contributed by atoms with van der Waals surface area (Å²) in [4.78, 5) is 16.0. The van der Waals surface area contributed by atoms with E-state index in [4.69, 9.17) is 5.11 Å². The lowest BCUT2D eigenvalue weighted by Crippen LogP contribution is -2.29. The number of nitrogens with one attached hydrogen (secondary N) is 1. The van der Waals surface area contributed by atoms with Gasteiger partial charge in [-0.25, -0.2) is 4.98 Å². The first-order valence-electron chi connectivity index (χ1n) is 6.02. The van der Waals surface area contributed by atoms with Crippen LogP contribution in [0, 0.1) is 17.8 Å². The second kappa shape index (κ2) is 7.46. The summed E-state index contributed by atoms with van der Waals surface area (Å²) in [6.45, 7) is 4.54. The molecular weight excluding hydrogens is 228 g/mol. The second-order valence-electron chi connectivity index (χ2n) is 4.08. The molecule has 1 unspecified atom stereocenters. The minimum absolute atomic E-state index is 0.224. The molecule has 0 bridgehead atoms. The molecule has 0 fully saturated rings. The van der Waals surface area contributed by atoms with Crippen molar-refractivity contribution in [3.63, 3.8) is 0 Å². The lowest BCUT2D eigenvalue weighted by Gasteiger charge is -2.10. The Balaban J connectivity index is 2.79. The van der Waals surface area contributed by atoms with Crippen molar-refractivity contribution in [1.29, 1.82) is 0 Å². The van der Waals surface area contributed by atoms with E-state index >= 15 is 0 Å². The zero-order valence-corrected chi connectivity index (χ0v) is 10.7. The van der Waals surface area contributed by atoms with Crippen molar-refractivity contribution in [1.82, 2.24) is 10.3 Å². The molecule has 1 aromatic rings. The van der Waals surface area contributed by atoms with Crippen molar-refractivity contribution in [2.24, 2.45) is 5.92 Å². The Morgan fingerprint density at radius 2 is 2.39 bits per heavy atom.